The minimum atomic E-state index is -0.342. The van der Waals surface area contributed by atoms with Crippen molar-refractivity contribution >= 4 is 44.9 Å². The first-order valence-corrected chi connectivity index (χ1v) is 23.4. The Morgan fingerprint density at radius 1 is 0.841 bits per heavy atom. The number of esters is 1. The summed E-state index contributed by atoms with van der Waals surface area (Å²) in [5, 5.41) is 31.6. The number of carbonyl (C=O) groups excluding carboxylic acids is 2. The van der Waals surface area contributed by atoms with E-state index in [1.54, 1.807) is 0 Å². The average molecular weight is 851 g/mol. The summed E-state index contributed by atoms with van der Waals surface area (Å²) in [6.07, 6.45) is 15.1. The van der Waals surface area contributed by atoms with Gasteiger partial charge in [0, 0.05) is 66.7 Å². The van der Waals surface area contributed by atoms with Gasteiger partial charge in [0.25, 0.3) is 11.6 Å². The number of hydrogen-bond donors (Lipinski definition) is 1. The third kappa shape index (κ3) is 12.6. The summed E-state index contributed by atoms with van der Waals surface area (Å²) >= 11 is 0. The smallest absolute Gasteiger partial charge is 0.306 e. The predicted molar refractivity (Wildman–Crippen MR) is 253 cm³/mol. The highest BCUT2D eigenvalue weighted by Crippen LogP contribution is 2.38. The zero-order chi connectivity index (χ0) is 45.0. The van der Waals surface area contributed by atoms with E-state index in [4.69, 9.17) is 16.4 Å². The Labute approximate surface area is 375 Å². The average Bonchev–Trinajstić information content (AvgIpc) is 3.77. The zero-order valence-corrected chi connectivity index (χ0v) is 37.8. The van der Waals surface area contributed by atoms with Gasteiger partial charge in [0.15, 0.2) is 0 Å². The number of aliphatic hydroxyl groups is 1. The van der Waals surface area contributed by atoms with Gasteiger partial charge in [-0.15, -0.1) is 0 Å². The molecule has 0 fully saturated rings. The van der Waals surface area contributed by atoms with Crippen LogP contribution < -0.4 is 4.90 Å². The minimum Gasteiger partial charge on any atom is -0.461 e. The number of nitrogens with zero attached hydrogens (tertiary/aromatic N) is 6. The molecule has 1 atom stereocenters. The van der Waals surface area contributed by atoms with Gasteiger partial charge in [-0.3, -0.25) is 9.59 Å². The molecule has 5 rings (SSSR count). The molecule has 63 heavy (non-hydrogen) atoms. The van der Waals surface area contributed by atoms with Crippen LogP contribution in [0.1, 0.15) is 135 Å². The third-order valence-corrected chi connectivity index (χ3v) is 12.4. The summed E-state index contributed by atoms with van der Waals surface area (Å²) in [5.41, 5.74) is 5.20. The van der Waals surface area contributed by atoms with E-state index in [-0.39, 0.29) is 47.6 Å². The van der Waals surface area contributed by atoms with Crippen molar-refractivity contribution in [3.05, 3.63) is 106 Å². The number of anilines is 1. The first-order valence-electron chi connectivity index (χ1n) is 23.4. The number of nitriles is 2. The van der Waals surface area contributed by atoms with Crippen LogP contribution in [-0.4, -0.2) is 52.7 Å². The van der Waals surface area contributed by atoms with Crippen LogP contribution >= 0.6 is 0 Å². The number of hydrogen-bond acceptors (Lipinski definition) is 7. The lowest BCUT2D eigenvalue weighted by Gasteiger charge is -2.29. The molecule has 0 radical (unpaired) electrons. The summed E-state index contributed by atoms with van der Waals surface area (Å²) in [4.78, 5) is 34.1. The number of carbonyl (C=O) groups is 2. The van der Waals surface area contributed by atoms with Crippen LogP contribution in [-0.2, 0) is 27.5 Å². The number of benzene rings is 3. The summed E-state index contributed by atoms with van der Waals surface area (Å²) in [6.45, 7) is 17.6. The van der Waals surface area contributed by atoms with Gasteiger partial charge in [0.05, 0.1) is 29.5 Å². The number of rotatable bonds is 27. The quantitative estimate of drug-likeness (QED) is 0.0274. The van der Waals surface area contributed by atoms with Crippen molar-refractivity contribution in [2.75, 3.05) is 31.1 Å². The monoisotopic (exact) mass is 851 g/mol. The van der Waals surface area contributed by atoms with E-state index < -0.39 is 0 Å². The van der Waals surface area contributed by atoms with E-state index in [9.17, 15) is 20.1 Å². The minimum absolute atomic E-state index is 0.0825. The van der Waals surface area contributed by atoms with Crippen molar-refractivity contribution in [3.8, 4) is 12.1 Å². The molecule has 1 amide bonds. The van der Waals surface area contributed by atoms with E-state index >= 15 is 0 Å². The fraction of sp³-hybridized carbons (Fsp3) is 0.491. The highest BCUT2D eigenvalue weighted by molar-refractivity contribution is 6.26. The second-order valence-electron chi connectivity index (χ2n) is 16.8. The van der Waals surface area contributed by atoms with Gasteiger partial charge in [-0.2, -0.15) is 5.26 Å². The van der Waals surface area contributed by atoms with Crippen LogP contribution in [0.15, 0.2) is 83.7 Å². The summed E-state index contributed by atoms with van der Waals surface area (Å²) in [5.74, 6) is -0.0127. The molecule has 0 saturated carbocycles. The fourth-order valence-corrected chi connectivity index (χ4v) is 8.81. The van der Waals surface area contributed by atoms with E-state index in [1.165, 1.54) is 33.1 Å². The number of para-hydroxylation sites is 1. The zero-order valence-electron chi connectivity index (χ0n) is 37.8. The Morgan fingerprint density at radius 3 is 2.27 bits per heavy atom. The molecule has 0 bridgehead atoms. The molecular weight excluding hydrogens is 785 g/mol. The number of ether oxygens (including phenoxy) is 1. The SMILES string of the molecule is [C-]#[N+]C(C#N)=C1C(C#N)=C(c2ccc(N(CCCCCC(=O)OCc3ccc4c(c3)c3ccccc3n4CCCCCCO)CC(CC)CCCC)cc2)C(=O)N1CCCCCC. The highest BCUT2D eigenvalue weighted by Gasteiger charge is 2.38. The molecule has 10 nitrogen and oxygen atoms in total. The molecule has 1 aliphatic rings. The molecule has 3 aromatic carbocycles. The van der Waals surface area contributed by atoms with E-state index in [1.807, 2.05) is 30.3 Å². The van der Waals surface area contributed by atoms with Crippen LogP contribution in [0.2, 0.25) is 0 Å². The maximum atomic E-state index is 13.9. The number of aliphatic hydroxyl groups excluding tert-OH is 1. The lowest BCUT2D eigenvalue weighted by molar-refractivity contribution is -0.145. The van der Waals surface area contributed by atoms with Crippen molar-refractivity contribution in [1.82, 2.24) is 9.47 Å². The number of fused-ring (bicyclic) bond motifs is 3. The van der Waals surface area contributed by atoms with Crippen LogP contribution in [0, 0.1) is 35.2 Å². The van der Waals surface area contributed by atoms with Gasteiger partial charge >= 0.3 is 5.97 Å². The lowest BCUT2D eigenvalue weighted by Crippen LogP contribution is -2.30. The van der Waals surface area contributed by atoms with Gasteiger partial charge < -0.3 is 24.2 Å². The van der Waals surface area contributed by atoms with Crippen LogP contribution in [0.4, 0.5) is 5.69 Å². The third-order valence-electron chi connectivity index (χ3n) is 12.4. The maximum Gasteiger partial charge on any atom is 0.306 e. The van der Waals surface area contributed by atoms with Crippen molar-refractivity contribution in [2.45, 2.75) is 137 Å². The molecule has 2 heterocycles. The lowest BCUT2D eigenvalue weighted by atomic mass is 9.97. The van der Waals surface area contributed by atoms with Crippen molar-refractivity contribution < 1.29 is 19.4 Å². The summed E-state index contributed by atoms with van der Waals surface area (Å²) in [7, 11) is 0. The molecule has 1 N–H and O–H groups in total. The number of unbranched alkanes of at least 4 members (excludes halogenated alkanes) is 9. The van der Waals surface area contributed by atoms with Crippen LogP contribution in [0.5, 0.6) is 0 Å². The fourth-order valence-electron chi connectivity index (χ4n) is 8.81. The Balaban J connectivity index is 1.21. The first kappa shape index (κ1) is 48.1. The van der Waals surface area contributed by atoms with Crippen molar-refractivity contribution in [1.29, 1.82) is 10.5 Å². The number of aryl methyl sites for hydroxylation is 1. The Bertz CT molecular complexity index is 2320. The van der Waals surface area contributed by atoms with Crippen LogP contribution in [0.3, 0.4) is 0 Å². The van der Waals surface area contributed by atoms with Crippen molar-refractivity contribution in [2.24, 2.45) is 5.92 Å². The molecule has 10 heteroatoms. The number of allylic oxidation sites excluding steroid dienone is 2. The van der Waals surface area contributed by atoms with Gasteiger partial charge in [0.1, 0.15) is 12.7 Å². The molecular formula is C53H66N6O4. The van der Waals surface area contributed by atoms with E-state index in [0.717, 1.165) is 121 Å². The predicted octanol–water partition coefficient (Wildman–Crippen LogP) is 12.0. The first-order chi connectivity index (χ1) is 30.8. The molecule has 0 spiro atoms. The molecule has 0 saturated heterocycles. The van der Waals surface area contributed by atoms with E-state index in [0.29, 0.717) is 24.4 Å². The Hall–Kier alpha value is -5.89. The van der Waals surface area contributed by atoms with Crippen molar-refractivity contribution in [3.63, 3.8) is 0 Å². The summed E-state index contributed by atoms with van der Waals surface area (Å²) < 4.78 is 8.17. The molecule has 0 aliphatic carbocycles. The summed E-state index contributed by atoms with van der Waals surface area (Å²) in [6, 6.07) is 26.7. The van der Waals surface area contributed by atoms with Gasteiger partial charge in [-0.05, 0) is 85.9 Å². The topological polar surface area (TPSA) is 127 Å². The Morgan fingerprint density at radius 2 is 1.56 bits per heavy atom. The van der Waals surface area contributed by atoms with Gasteiger partial charge in [-0.25, -0.2) is 10.1 Å². The maximum absolute atomic E-state index is 13.9. The molecule has 1 unspecified atom stereocenters. The number of amides is 1. The van der Waals surface area contributed by atoms with E-state index in [2.05, 4.69) is 83.6 Å². The standard InChI is InChI=1S/C53H66N6O4/c1-5-8-10-18-33-59-52(47(37-55)56-4)46(36-54)51(53(59)62)42-26-28-43(29-27-42)57(38-40(7-3)21-9-6-2)31-17-13-14-24-50(61)63-39-41-25-30-49-45(35-41)44-22-15-16-23-48(44)58(49)32-19-11-12-20-34-60/h15-16,22-23,25-30,35,40,60H,5-14,17-21,24,31-34,38-39H2,1-3H3. The molecule has 332 valence electrons. The second kappa shape index (κ2) is 25.3. The number of aromatic nitrogens is 1. The second-order valence-corrected chi connectivity index (χ2v) is 16.8. The largest absolute Gasteiger partial charge is 0.461 e. The molecule has 4 aromatic rings. The normalized spacial score (nSPS) is 13.9. The molecule has 1 aromatic heterocycles. The van der Waals surface area contributed by atoms with Crippen LogP contribution in [0.25, 0.3) is 32.2 Å². The molecule has 1 aliphatic heterocycles. The van der Waals surface area contributed by atoms with Gasteiger partial charge in [-0.1, -0.05) is 115 Å². The Kier molecular flexibility index (Phi) is 19.3. The highest BCUT2D eigenvalue weighted by atomic mass is 16.5. The van der Waals surface area contributed by atoms with Gasteiger partial charge in [0.2, 0.25) is 0 Å².